The Bertz CT molecular complexity index is 496. The van der Waals surface area contributed by atoms with E-state index in [1.807, 2.05) is 39.8 Å². The van der Waals surface area contributed by atoms with Crippen molar-refractivity contribution in [1.82, 2.24) is 9.88 Å². The fraction of sp³-hybridized carbons (Fsp3) is 0.600. The molecule has 0 bridgehead atoms. The molecule has 5 nitrogen and oxygen atoms in total. The van der Waals surface area contributed by atoms with E-state index < -0.39 is 11.7 Å². The van der Waals surface area contributed by atoms with Crippen LogP contribution in [-0.4, -0.2) is 45.9 Å². The fourth-order valence-electron chi connectivity index (χ4n) is 2.46. The van der Waals surface area contributed by atoms with Crippen molar-refractivity contribution in [3.8, 4) is 0 Å². The highest BCUT2D eigenvalue weighted by molar-refractivity contribution is 5.69. The maximum Gasteiger partial charge on any atom is 0.410 e. The van der Waals surface area contributed by atoms with Gasteiger partial charge in [-0.3, -0.25) is 4.98 Å². The zero-order valence-electron chi connectivity index (χ0n) is 12.5. The summed E-state index contributed by atoms with van der Waals surface area (Å²) >= 11 is 0. The quantitative estimate of drug-likeness (QED) is 0.854. The molecule has 1 aliphatic heterocycles. The summed E-state index contributed by atoms with van der Waals surface area (Å²) < 4.78 is 5.34. The van der Waals surface area contributed by atoms with Crippen LogP contribution in [0.1, 0.15) is 37.9 Å². The number of pyridine rings is 1. The van der Waals surface area contributed by atoms with Crippen LogP contribution in [0.5, 0.6) is 0 Å². The predicted octanol–water partition coefficient (Wildman–Crippen LogP) is 2.09. The van der Waals surface area contributed by atoms with Crippen molar-refractivity contribution >= 4 is 6.09 Å². The molecule has 0 saturated carbocycles. The van der Waals surface area contributed by atoms with E-state index in [9.17, 15) is 9.90 Å². The number of carbonyl (C=O) groups is 1. The van der Waals surface area contributed by atoms with Crippen molar-refractivity contribution in [1.29, 1.82) is 0 Å². The Morgan fingerprint density at radius 1 is 1.45 bits per heavy atom. The number of hydrogen-bond donors (Lipinski definition) is 1. The van der Waals surface area contributed by atoms with Crippen LogP contribution in [0, 0.1) is 6.92 Å². The van der Waals surface area contributed by atoms with E-state index in [4.69, 9.17) is 4.74 Å². The van der Waals surface area contributed by atoms with Crippen molar-refractivity contribution in [2.75, 3.05) is 13.1 Å². The molecule has 5 heteroatoms. The number of aromatic nitrogens is 1. The van der Waals surface area contributed by atoms with Crippen molar-refractivity contribution in [2.45, 2.75) is 45.3 Å². The molecule has 1 N–H and O–H groups in total. The van der Waals surface area contributed by atoms with Crippen molar-refractivity contribution in [3.05, 3.63) is 29.6 Å². The summed E-state index contributed by atoms with van der Waals surface area (Å²) in [5.41, 5.74) is 1.36. The highest BCUT2D eigenvalue weighted by atomic mass is 16.6. The first-order valence-corrected chi connectivity index (χ1v) is 6.85. The first kappa shape index (κ1) is 14.8. The Labute approximate surface area is 119 Å². The van der Waals surface area contributed by atoms with Gasteiger partial charge in [-0.05, 0) is 39.3 Å². The maximum atomic E-state index is 12.0. The molecule has 1 saturated heterocycles. The summed E-state index contributed by atoms with van der Waals surface area (Å²) in [7, 11) is 0. The SMILES string of the molecule is Cc1ncccc1[C@@H]1CN(C(=O)OC(C)(C)C)C[C@H]1O. The van der Waals surface area contributed by atoms with Gasteiger partial charge in [-0.1, -0.05) is 6.07 Å². The number of aliphatic hydroxyl groups is 1. The standard InChI is InChI=1S/C15H22N2O3/c1-10-11(6-5-7-16-10)12-8-17(9-13(12)18)14(19)20-15(2,3)4/h5-7,12-13,18H,8-9H2,1-4H3/t12-,13+/m0/s1. The summed E-state index contributed by atoms with van der Waals surface area (Å²) in [6.45, 7) is 8.18. The maximum absolute atomic E-state index is 12.0. The molecule has 1 aliphatic rings. The lowest BCUT2D eigenvalue weighted by molar-refractivity contribution is 0.0270. The molecule has 2 atom stereocenters. The number of nitrogens with zero attached hydrogens (tertiary/aromatic N) is 2. The van der Waals surface area contributed by atoms with Crippen molar-refractivity contribution < 1.29 is 14.6 Å². The van der Waals surface area contributed by atoms with Crippen LogP contribution in [0.2, 0.25) is 0 Å². The Hall–Kier alpha value is -1.62. The molecule has 110 valence electrons. The Morgan fingerprint density at radius 3 is 2.75 bits per heavy atom. The molecule has 1 amide bonds. The van der Waals surface area contributed by atoms with E-state index >= 15 is 0 Å². The minimum absolute atomic E-state index is 0.101. The van der Waals surface area contributed by atoms with E-state index in [-0.39, 0.29) is 12.0 Å². The number of rotatable bonds is 1. The average molecular weight is 278 g/mol. The molecule has 1 fully saturated rings. The van der Waals surface area contributed by atoms with Gasteiger partial charge >= 0.3 is 6.09 Å². The Kier molecular flexibility index (Phi) is 3.99. The molecule has 0 unspecified atom stereocenters. The van der Waals surface area contributed by atoms with Crippen LogP contribution in [0.25, 0.3) is 0 Å². The van der Waals surface area contributed by atoms with E-state index in [1.54, 1.807) is 11.1 Å². The third kappa shape index (κ3) is 3.28. The summed E-state index contributed by atoms with van der Waals surface area (Å²) in [5, 5.41) is 10.2. The van der Waals surface area contributed by atoms with Crippen LogP contribution in [0.3, 0.4) is 0 Å². The average Bonchev–Trinajstić information content (AvgIpc) is 2.70. The second kappa shape index (κ2) is 5.40. The van der Waals surface area contributed by atoms with Gasteiger partial charge in [0.05, 0.1) is 12.6 Å². The molecule has 2 heterocycles. The second-order valence-corrected chi connectivity index (χ2v) is 6.24. The van der Waals surface area contributed by atoms with Crippen LogP contribution >= 0.6 is 0 Å². The third-order valence-electron chi connectivity index (χ3n) is 3.39. The highest BCUT2D eigenvalue weighted by Gasteiger charge is 2.37. The molecule has 0 aliphatic carbocycles. The van der Waals surface area contributed by atoms with Gasteiger partial charge in [0.15, 0.2) is 0 Å². The Balaban J connectivity index is 2.10. The van der Waals surface area contributed by atoms with Gasteiger partial charge in [-0.25, -0.2) is 4.79 Å². The number of ether oxygens (including phenoxy) is 1. The fourth-order valence-corrected chi connectivity index (χ4v) is 2.46. The molecule has 1 aromatic heterocycles. The lowest BCUT2D eigenvalue weighted by atomic mass is 9.95. The van der Waals surface area contributed by atoms with Gasteiger partial charge in [-0.15, -0.1) is 0 Å². The minimum Gasteiger partial charge on any atom is -0.444 e. The smallest absolute Gasteiger partial charge is 0.410 e. The van der Waals surface area contributed by atoms with E-state index in [0.717, 1.165) is 11.3 Å². The Morgan fingerprint density at radius 2 is 2.15 bits per heavy atom. The first-order valence-electron chi connectivity index (χ1n) is 6.85. The topological polar surface area (TPSA) is 62.7 Å². The van der Waals surface area contributed by atoms with Crippen LogP contribution in [-0.2, 0) is 4.74 Å². The van der Waals surface area contributed by atoms with Crippen LogP contribution < -0.4 is 0 Å². The lowest BCUT2D eigenvalue weighted by Gasteiger charge is -2.24. The number of carbonyl (C=O) groups excluding carboxylic acids is 1. The summed E-state index contributed by atoms with van der Waals surface area (Å²) in [6.07, 6.45) is 0.775. The van der Waals surface area contributed by atoms with Crippen LogP contribution in [0.4, 0.5) is 4.79 Å². The highest BCUT2D eigenvalue weighted by Crippen LogP contribution is 2.29. The number of amides is 1. The molecule has 1 aromatic rings. The predicted molar refractivity (Wildman–Crippen MR) is 75.5 cm³/mol. The minimum atomic E-state index is -0.578. The molecular formula is C15H22N2O3. The monoisotopic (exact) mass is 278 g/mol. The third-order valence-corrected chi connectivity index (χ3v) is 3.39. The number of aryl methyl sites for hydroxylation is 1. The number of β-amino-alcohol motifs (C(OH)–C–C–N with tert-alkyl or cyclic N) is 1. The molecule has 0 aromatic carbocycles. The van der Waals surface area contributed by atoms with E-state index in [0.29, 0.717) is 13.1 Å². The van der Waals surface area contributed by atoms with Crippen LogP contribution in [0.15, 0.2) is 18.3 Å². The van der Waals surface area contributed by atoms with Gasteiger partial charge in [0.1, 0.15) is 5.60 Å². The molecule has 20 heavy (non-hydrogen) atoms. The zero-order valence-corrected chi connectivity index (χ0v) is 12.5. The molecule has 2 rings (SSSR count). The molecular weight excluding hydrogens is 256 g/mol. The van der Waals surface area contributed by atoms with Gasteiger partial charge in [0.25, 0.3) is 0 Å². The summed E-state index contributed by atoms with van der Waals surface area (Å²) in [6, 6.07) is 3.81. The largest absolute Gasteiger partial charge is 0.444 e. The van der Waals surface area contributed by atoms with Gasteiger partial charge in [0, 0.05) is 24.4 Å². The number of likely N-dealkylation sites (tertiary alicyclic amines) is 1. The van der Waals surface area contributed by atoms with E-state index in [2.05, 4.69) is 4.98 Å². The van der Waals surface area contributed by atoms with Crippen molar-refractivity contribution in [3.63, 3.8) is 0 Å². The number of hydrogen-bond acceptors (Lipinski definition) is 4. The molecule has 0 radical (unpaired) electrons. The van der Waals surface area contributed by atoms with E-state index in [1.165, 1.54) is 0 Å². The summed E-state index contributed by atoms with van der Waals surface area (Å²) in [5.74, 6) is -0.101. The lowest BCUT2D eigenvalue weighted by Crippen LogP contribution is -2.35. The van der Waals surface area contributed by atoms with Crippen molar-refractivity contribution in [2.24, 2.45) is 0 Å². The summed E-state index contributed by atoms with van der Waals surface area (Å²) in [4.78, 5) is 17.8. The van der Waals surface area contributed by atoms with Gasteiger partial charge in [-0.2, -0.15) is 0 Å². The second-order valence-electron chi connectivity index (χ2n) is 6.24. The normalized spacial score (nSPS) is 22.9. The number of aliphatic hydroxyl groups excluding tert-OH is 1. The zero-order chi connectivity index (χ0) is 14.9. The molecule has 0 spiro atoms. The first-order chi connectivity index (χ1) is 9.28. The van der Waals surface area contributed by atoms with Gasteiger partial charge < -0.3 is 14.7 Å². The van der Waals surface area contributed by atoms with Gasteiger partial charge in [0.2, 0.25) is 0 Å².